The van der Waals surface area contributed by atoms with E-state index in [0.29, 0.717) is 23.1 Å². The topological polar surface area (TPSA) is 50.4 Å². The highest BCUT2D eigenvalue weighted by Crippen LogP contribution is 2.24. The number of hydrogen-bond acceptors (Lipinski definition) is 3. The molecule has 4 nitrogen and oxygen atoms in total. The number of aryl methyl sites for hydroxylation is 1. The van der Waals surface area contributed by atoms with Crippen molar-refractivity contribution in [2.45, 2.75) is 13.8 Å². The van der Waals surface area contributed by atoms with Crippen LogP contribution in [0.4, 0.5) is 11.4 Å². The van der Waals surface area contributed by atoms with Gasteiger partial charge in [0.15, 0.2) is 0 Å². The van der Waals surface area contributed by atoms with Gasteiger partial charge in [0.1, 0.15) is 12.4 Å². The van der Waals surface area contributed by atoms with Gasteiger partial charge in [-0.15, -0.1) is 0 Å². The highest BCUT2D eigenvalue weighted by molar-refractivity contribution is 6.31. The van der Waals surface area contributed by atoms with Crippen molar-refractivity contribution in [1.82, 2.24) is 0 Å². The number of para-hydroxylation sites is 2. The highest BCUT2D eigenvalue weighted by Gasteiger charge is 2.08. The zero-order valence-electron chi connectivity index (χ0n) is 13.9. The average molecular weight is 345 g/mol. The van der Waals surface area contributed by atoms with Crippen LogP contribution in [0.25, 0.3) is 0 Å². The Morgan fingerprint density at radius 3 is 2.71 bits per heavy atom. The van der Waals surface area contributed by atoms with E-state index in [1.54, 1.807) is 12.1 Å². The number of amides is 1. The van der Waals surface area contributed by atoms with Gasteiger partial charge in [-0.3, -0.25) is 4.79 Å². The van der Waals surface area contributed by atoms with E-state index in [-0.39, 0.29) is 12.5 Å². The van der Waals surface area contributed by atoms with E-state index in [9.17, 15) is 4.79 Å². The number of ether oxygens (including phenoxy) is 1. The Labute approximate surface area is 147 Å². The van der Waals surface area contributed by atoms with Gasteiger partial charge in [-0.1, -0.05) is 36.4 Å². The van der Waals surface area contributed by atoms with Gasteiger partial charge in [0.2, 0.25) is 5.91 Å². The monoisotopic (exact) mass is 344 g/mol. The lowest BCUT2D eigenvalue weighted by atomic mass is 10.2. The summed E-state index contributed by atoms with van der Waals surface area (Å²) in [5.74, 6) is 0.530. The minimum atomic E-state index is -0.157. The Bertz CT molecular complexity index is 744. The van der Waals surface area contributed by atoms with Crippen LogP contribution < -0.4 is 15.4 Å². The van der Waals surface area contributed by atoms with Gasteiger partial charge < -0.3 is 15.4 Å². The largest absolute Gasteiger partial charge is 0.487 e. The second-order valence-electron chi connectivity index (χ2n) is 5.60. The number of anilines is 2. The molecule has 0 aliphatic rings. The lowest BCUT2D eigenvalue weighted by Crippen LogP contribution is -2.22. The summed E-state index contributed by atoms with van der Waals surface area (Å²) in [4.78, 5) is 12.2. The van der Waals surface area contributed by atoms with Crippen molar-refractivity contribution >= 4 is 28.9 Å². The van der Waals surface area contributed by atoms with Gasteiger partial charge in [0.05, 0.1) is 12.2 Å². The second-order valence-corrected chi connectivity index (χ2v) is 6.04. The number of carbonyl (C=O) groups excluding carboxylic acids is 1. The molecule has 24 heavy (non-hydrogen) atoms. The molecule has 0 radical (unpaired) electrons. The fraction of sp³-hybridized carbons (Fsp3) is 0.211. The van der Waals surface area contributed by atoms with Gasteiger partial charge in [0, 0.05) is 10.7 Å². The van der Waals surface area contributed by atoms with Crippen molar-refractivity contribution in [2.75, 3.05) is 23.8 Å². The molecule has 0 unspecified atom stereocenters. The Morgan fingerprint density at radius 2 is 1.96 bits per heavy atom. The molecule has 2 N–H and O–H groups in total. The number of benzene rings is 2. The summed E-state index contributed by atoms with van der Waals surface area (Å²) in [6.45, 7) is 8.19. The van der Waals surface area contributed by atoms with Crippen LogP contribution in [-0.2, 0) is 4.79 Å². The van der Waals surface area contributed by atoms with Crippen LogP contribution in [-0.4, -0.2) is 19.1 Å². The predicted molar refractivity (Wildman–Crippen MR) is 100 cm³/mol. The maximum atomic E-state index is 12.2. The van der Waals surface area contributed by atoms with Gasteiger partial charge in [-0.25, -0.2) is 0 Å². The van der Waals surface area contributed by atoms with Gasteiger partial charge >= 0.3 is 0 Å². The standard InChI is InChI=1S/C19H21ClN2O2/c1-13(2)12-24-18-7-5-4-6-16(18)21-11-19(23)22-17-10-15(20)9-8-14(17)3/h4-10,21H,1,11-12H2,2-3H3,(H,22,23). The molecule has 126 valence electrons. The molecule has 0 fully saturated rings. The SMILES string of the molecule is C=C(C)COc1ccccc1NCC(=O)Nc1cc(Cl)ccc1C. The molecule has 0 atom stereocenters. The van der Waals surface area contributed by atoms with E-state index in [2.05, 4.69) is 17.2 Å². The number of halogens is 1. The number of hydrogen-bond donors (Lipinski definition) is 2. The van der Waals surface area contributed by atoms with Crippen molar-refractivity contribution < 1.29 is 9.53 Å². The minimum Gasteiger partial charge on any atom is -0.487 e. The van der Waals surface area contributed by atoms with E-state index in [4.69, 9.17) is 16.3 Å². The van der Waals surface area contributed by atoms with E-state index < -0.39 is 0 Å². The summed E-state index contributed by atoms with van der Waals surface area (Å²) in [6.07, 6.45) is 0. The Morgan fingerprint density at radius 1 is 1.21 bits per heavy atom. The maximum absolute atomic E-state index is 12.2. The molecule has 2 aromatic carbocycles. The first-order chi connectivity index (χ1) is 11.5. The van der Waals surface area contributed by atoms with Gasteiger partial charge in [-0.2, -0.15) is 0 Å². The molecule has 0 aliphatic heterocycles. The summed E-state index contributed by atoms with van der Waals surface area (Å²) in [7, 11) is 0. The van der Waals surface area contributed by atoms with Crippen molar-refractivity contribution in [3.8, 4) is 5.75 Å². The molecule has 0 aromatic heterocycles. The third kappa shape index (κ3) is 5.32. The molecular weight excluding hydrogens is 324 g/mol. The van der Waals surface area contributed by atoms with E-state index in [0.717, 1.165) is 16.8 Å². The van der Waals surface area contributed by atoms with Crippen LogP contribution in [0.15, 0.2) is 54.6 Å². The van der Waals surface area contributed by atoms with Crippen LogP contribution in [0.2, 0.25) is 5.02 Å². The second kappa shape index (κ2) is 8.41. The quantitative estimate of drug-likeness (QED) is 0.718. The van der Waals surface area contributed by atoms with Gasteiger partial charge in [0.25, 0.3) is 0 Å². The van der Waals surface area contributed by atoms with Gasteiger partial charge in [-0.05, 0) is 49.2 Å². The smallest absolute Gasteiger partial charge is 0.243 e. The molecule has 0 saturated carbocycles. The molecule has 2 rings (SSSR count). The molecule has 0 saturated heterocycles. The molecular formula is C19H21ClN2O2. The van der Waals surface area contributed by atoms with Crippen LogP contribution >= 0.6 is 11.6 Å². The predicted octanol–water partition coefficient (Wildman–Crippen LogP) is 4.65. The van der Waals surface area contributed by atoms with Crippen LogP contribution in [0.3, 0.4) is 0 Å². The first kappa shape index (κ1) is 17.9. The molecule has 5 heteroatoms. The zero-order valence-corrected chi connectivity index (χ0v) is 14.6. The summed E-state index contributed by atoms with van der Waals surface area (Å²) < 4.78 is 5.67. The maximum Gasteiger partial charge on any atom is 0.243 e. The Hall–Kier alpha value is -2.46. The first-order valence-electron chi connectivity index (χ1n) is 7.62. The molecule has 0 bridgehead atoms. The first-order valence-corrected chi connectivity index (χ1v) is 7.99. The highest BCUT2D eigenvalue weighted by atomic mass is 35.5. The third-order valence-electron chi connectivity index (χ3n) is 3.27. The van der Waals surface area contributed by atoms with Crippen molar-refractivity contribution in [3.05, 3.63) is 65.2 Å². The number of nitrogens with one attached hydrogen (secondary N) is 2. The summed E-state index contributed by atoms with van der Waals surface area (Å²) in [6, 6.07) is 12.9. The average Bonchev–Trinajstić information content (AvgIpc) is 2.55. The van der Waals surface area contributed by atoms with E-state index in [1.807, 2.05) is 44.2 Å². The molecule has 1 amide bonds. The zero-order chi connectivity index (χ0) is 17.5. The molecule has 0 heterocycles. The summed E-state index contributed by atoms with van der Waals surface area (Å²) in [5, 5.41) is 6.53. The fourth-order valence-corrected chi connectivity index (χ4v) is 2.21. The molecule has 0 spiro atoms. The van der Waals surface area contributed by atoms with Crippen molar-refractivity contribution in [1.29, 1.82) is 0 Å². The van der Waals surface area contributed by atoms with E-state index in [1.165, 1.54) is 0 Å². The number of rotatable bonds is 7. The Kier molecular flexibility index (Phi) is 6.27. The molecule has 0 aliphatic carbocycles. The summed E-state index contributed by atoms with van der Waals surface area (Å²) >= 11 is 5.96. The minimum absolute atomic E-state index is 0.124. The normalized spacial score (nSPS) is 10.1. The summed E-state index contributed by atoms with van der Waals surface area (Å²) in [5.41, 5.74) is 3.36. The van der Waals surface area contributed by atoms with E-state index >= 15 is 0 Å². The lowest BCUT2D eigenvalue weighted by Gasteiger charge is -2.14. The lowest BCUT2D eigenvalue weighted by molar-refractivity contribution is -0.114. The van der Waals surface area contributed by atoms with Crippen molar-refractivity contribution in [2.24, 2.45) is 0 Å². The Balaban J connectivity index is 1.96. The number of carbonyl (C=O) groups is 1. The van der Waals surface area contributed by atoms with Crippen LogP contribution in [0.5, 0.6) is 5.75 Å². The van der Waals surface area contributed by atoms with Crippen LogP contribution in [0, 0.1) is 6.92 Å². The fourth-order valence-electron chi connectivity index (χ4n) is 2.04. The third-order valence-corrected chi connectivity index (χ3v) is 3.51. The van der Waals surface area contributed by atoms with Crippen molar-refractivity contribution in [3.63, 3.8) is 0 Å². The van der Waals surface area contributed by atoms with Crippen LogP contribution in [0.1, 0.15) is 12.5 Å². The molecule has 2 aromatic rings.